The van der Waals surface area contributed by atoms with Gasteiger partial charge in [0, 0.05) is 12.1 Å². The van der Waals surface area contributed by atoms with Crippen LogP contribution in [0.4, 0.5) is 5.69 Å². The molecule has 136 valence electrons. The van der Waals surface area contributed by atoms with Crippen molar-refractivity contribution in [2.75, 3.05) is 11.9 Å². The second kappa shape index (κ2) is 9.20. The Morgan fingerprint density at radius 1 is 1.12 bits per heavy atom. The molecule has 0 radical (unpaired) electrons. The van der Waals surface area contributed by atoms with Crippen LogP contribution in [0, 0.1) is 11.8 Å². The van der Waals surface area contributed by atoms with Gasteiger partial charge in [-0.1, -0.05) is 31.9 Å². The van der Waals surface area contributed by atoms with Crippen molar-refractivity contribution in [3.63, 3.8) is 0 Å². The predicted molar refractivity (Wildman–Crippen MR) is 95.2 cm³/mol. The first-order valence-electron chi connectivity index (χ1n) is 8.79. The third kappa shape index (κ3) is 6.95. The van der Waals surface area contributed by atoms with Gasteiger partial charge in [0.1, 0.15) is 6.54 Å². The number of anilines is 1. The monoisotopic (exact) mass is 346 g/mol. The number of amides is 2. The van der Waals surface area contributed by atoms with Crippen molar-refractivity contribution >= 4 is 23.5 Å². The number of aliphatic carboxylic acids is 1. The number of carboxylic acids is 1. The first-order valence-corrected chi connectivity index (χ1v) is 8.79. The zero-order valence-corrected chi connectivity index (χ0v) is 14.6. The largest absolute Gasteiger partial charge is 0.480 e. The van der Waals surface area contributed by atoms with Gasteiger partial charge in [0.25, 0.3) is 0 Å². The van der Waals surface area contributed by atoms with E-state index < -0.39 is 5.97 Å². The molecule has 2 atom stereocenters. The van der Waals surface area contributed by atoms with Gasteiger partial charge in [0.05, 0.1) is 6.42 Å². The van der Waals surface area contributed by atoms with Crippen LogP contribution in [-0.4, -0.2) is 29.4 Å². The zero-order chi connectivity index (χ0) is 18.2. The van der Waals surface area contributed by atoms with E-state index in [2.05, 4.69) is 17.6 Å². The third-order valence-corrected chi connectivity index (χ3v) is 4.56. The van der Waals surface area contributed by atoms with E-state index in [1.54, 1.807) is 24.3 Å². The van der Waals surface area contributed by atoms with E-state index in [4.69, 9.17) is 5.11 Å². The molecule has 1 aliphatic carbocycles. The highest BCUT2D eigenvalue weighted by Crippen LogP contribution is 2.30. The number of hydrogen-bond acceptors (Lipinski definition) is 3. The maximum absolute atomic E-state index is 12.2. The lowest BCUT2D eigenvalue weighted by Gasteiger charge is -2.26. The fourth-order valence-corrected chi connectivity index (χ4v) is 3.35. The highest BCUT2D eigenvalue weighted by Gasteiger charge is 2.21. The summed E-state index contributed by atoms with van der Waals surface area (Å²) >= 11 is 0. The van der Waals surface area contributed by atoms with Crippen molar-refractivity contribution in [2.45, 2.75) is 45.4 Å². The minimum atomic E-state index is -1.07. The van der Waals surface area contributed by atoms with Crippen LogP contribution >= 0.6 is 0 Å². The molecule has 1 saturated carbocycles. The molecule has 0 aromatic heterocycles. The molecule has 6 nitrogen and oxygen atoms in total. The van der Waals surface area contributed by atoms with Crippen LogP contribution in [-0.2, 0) is 20.8 Å². The Hall–Kier alpha value is -2.37. The van der Waals surface area contributed by atoms with Crippen molar-refractivity contribution in [3.05, 3.63) is 29.8 Å². The van der Waals surface area contributed by atoms with Crippen molar-refractivity contribution < 1.29 is 19.5 Å². The van der Waals surface area contributed by atoms with Crippen LogP contribution < -0.4 is 10.6 Å². The molecule has 0 bridgehead atoms. The molecule has 2 amide bonds. The van der Waals surface area contributed by atoms with Crippen molar-refractivity contribution in [3.8, 4) is 0 Å². The van der Waals surface area contributed by atoms with Gasteiger partial charge in [-0.05, 0) is 42.4 Å². The summed E-state index contributed by atoms with van der Waals surface area (Å²) < 4.78 is 0. The molecule has 2 unspecified atom stereocenters. The van der Waals surface area contributed by atoms with E-state index in [-0.39, 0.29) is 24.8 Å². The number of carbonyl (C=O) groups excluding carboxylic acids is 2. The van der Waals surface area contributed by atoms with Crippen LogP contribution in [0.25, 0.3) is 0 Å². The summed E-state index contributed by atoms with van der Waals surface area (Å²) in [6.07, 6.45) is 5.39. The molecule has 0 saturated heterocycles. The second-order valence-electron chi connectivity index (χ2n) is 6.93. The highest BCUT2D eigenvalue weighted by molar-refractivity contribution is 5.91. The Kier molecular flexibility index (Phi) is 6.98. The molecule has 1 aromatic carbocycles. The molecular formula is C19H26N2O4. The van der Waals surface area contributed by atoms with Gasteiger partial charge in [-0.25, -0.2) is 0 Å². The summed E-state index contributed by atoms with van der Waals surface area (Å²) in [5.41, 5.74) is 1.48. The molecule has 1 aliphatic rings. The average Bonchev–Trinajstić information content (AvgIpc) is 2.55. The molecule has 6 heteroatoms. The maximum Gasteiger partial charge on any atom is 0.322 e. The fraction of sp³-hybridized carbons (Fsp3) is 0.526. The van der Waals surface area contributed by atoms with E-state index in [1.165, 1.54) is 12.8 Å². The highest BCUT2D eigenvalue weighted by atomic mass is 16.4. The van der Waals surface area contributed by atoms with Crippen LogP contribution in [0.5, 0.6) is 0 Å². The molecule has 25 heavy (non-hydrogen) atoms. The molecule has 0 spiro atoms. The Bertz CT molecular complexity index is 612. The summed E-state index contributed by atoms with van der Waals surface area (Å²) in [6, 6.07) is 7.06. The minimum Gasteiger partial charge on any atom is -0.480 e. The van der Waals surface area contributed by atoms with Gasteiger partial charge in [-0.3, -0.25) is 14.4 Å². The smallest absolute Gasteiger partial charge is 0.322 e. The summed E-state index contributed by atoms with van der Waals surface area (Å²) in [6.45, 7) is 1.86. The van der Waals surface area contributed by atoms with Gasteiger partial charge in [0.15, 0.2) is 0 Å². The standard InChI is InChI=1S/C19H26N2O4/c1-13-3-2-4-15(9-13)11-18(23)21-16-7-5-14(6-8-16)10-17(22)20-12-19(24)25/h5-8,13,15H,2-4,9-12H2,1H3,(H,20,22)(H,21,23)(H,24,25). The molecule has 0 heterocycles. The van der Waals surface area contributed by atoms with Gasteiger partial charge in [-0.2, -0.15) is 0 Å². The summed E-state index contributed by atoms with van der Waals surface area (Å²) in [7, 11) is 0. The van der Waals surface area contributed by atoms with E-state index in [1.807, 2.05) is 0 Å². The van der Waals surface area contributed by atoms with E-state index in [9.17, 15) is 14.4 Å². The van der Waals surface area contributed by atoms with Gasteiger partial charge >= 0.3 is 5.97 Å². The van der Waals surface area contributed by atoms with Crippen LogP contribution in [0.2, 0.25) is 0 Å². The van der Waals surface area contributed by atoms with Gasteiger partial charge in [0.2, 0.25) is 11.8 Å². The quantitative estimate of drug-likeness (QED) is 0.707. The first-order chi connectivity index (χ1) is 11.9. The summed E-state index contributed by atoms with van der Waals surface area (Å²) in [4.78, 5) is 34.2. The number of nitrogens with one attached hydrogen (secondary N) is 2. The summed E-state index contributed by atoms with van der Waals surface area (Å²) in [5.74, 6) is -0.200. The molecule has 2 rings (SSSR count). The Morgan fingerprint density at radius 2 is 1.84 bits per heavy atom. The van der Waals surface area contributed by atoms with Gasteiger partial charge < -0.3 is 15.7 Å². The lowest BCUT2D eigenvalue weighted by molar-refractivity contribution is -0.137. The van der Waals surface area contributed by atoms with Crippen molar-refractivity contribution in [1.29, 1.82) is 0 Å². The second-order valence-corrected chi connectivity index (χ2v) is 6.93. The Morgan fingerprint density at radius 3 is 2.48 bits per heavy atom. The molecule has 0 aliphatic heterocycles. The van der Waals surface area contributed by atoms with Crippen LogP contribution in [0.3, 0.4) is 0 Å². The molecule has 1 fully saturated rings. The predicted octanol–water partition coefficient (Wildman–Crippen LogP) is 2.58. The van der Waals surface area contributed by atoms with E-state index in [0.29, 0.717) is 23.9 Å². The number of carbonyl (C=O) groups is 3. The molecular weight excluding hydrogens is 320 g/mol. The number of benzene rings is 1. The fourth-order valence-electron chi connectivity index (χ4n) is 3.35. The van der Waals surface area contributed by atoms with Crippen molar-refractivity contribution in [1.82, 2.24) is 5.32 Å². The van der Waals surface area contributed by atoms with E-state index >= 15 is 0 Å². The maximum atomic E-state index is 12.2. The SMILES string of the molecule is CC1CCCC(CC(=O)Nc2ccc(CC(=O)NCC(=O)O)cc2)C1. The van der Waals surface area contributed by atoms with Crippen LogP contribution in [0.1, 0.15) is 44.6 Å². The minimum absolute atomic E-state index is 0.0334. The Balaban J connectivity index is 1.78. The Labute approximate surface area is 148 Å². The molecule has 3 N–H and O–H groups in total. The van der Waals surface area contributed by atoms with Gasteiger partial charge in [-0.15, -0.1) is 0 Å². The first kappa shape index (κ1) is 19.0. The third-order valence-electron chi connectivity index (χ3n) is 4.56. The van der Waals surface area contributed by atoms with E-state index in [0.717, 1.165) is 18.4 Å². The summed E-state index contributed by atoms with van der Waals surface area (Å²) in [5, 5.41) is 13.8. The van der Waals surface area contributed by atoms with Crippen LogP contribution in [0.15, 0.2) is 24.3 Å². The number of carboxylic acid groups (broad SMARTS) is 1. The molecule has 1 aromatic rings. The topological polar surface area (TPSA) is 95.5 Å². The van der Waals surface area contributed by atoms with Crippen molar-refractivity contribution in [2.24, 2.45) is 11.8 Å². The lowest BCUT2D eigenvalue weighted by Crippen LogP contribution is -2.30. The average molecular weight is 346 g/mol. The number of hydrogen-bond donors (Lipinski definition) is 3. The zero-order valence-electron chi connectivity index (χ0n) is 14.6. The number of rotatable bonds is 7. The normalized spacial score (nSPS) is 19.9. The lowest BCUT2D eigenvalue weighted by atomic mass is 9.81.